The Morgan fingerprint density at radius 1 is 1.14 bits per heavy atom. The molecule has 1 amide bonds. The highest BCUT2D eigenvalue weighted by atomic mass is 127. The van der Waals surface area contributed by atoms with Crippen molar-refractivity contribution in [2.45, 2.75) is 32.6 Å². The molecule has 1 aliphatic rings. The molecule has 6 heteroatoms. The van der Waals surface area contributed by atoms with Crippen LogP contribution in [0.5, 0.6) is 0 Å². The van der Waals surface area contributed by atoms with Gasteiger partial charge in [0.2, 0.25) is 5.91 Å². The van der Waals surface area contributed by atoms with Crippen molar-refractivity contribution in [2.24, 2.45) is 4.99 Å². The van der Waals surface area contributed by atoms with Crippen LogP contribution >= 0.6 is 24.0 Å². The SMILES string of the molecule is CCNC(=NCC1CC(=O)Nc2ccccc21)NCCc1ccccc1C.I. The zero-order valence-corrected chi connectivity index (χ0v) is 18.8. The first-order valence-corrected chi connectivity index (χ1v) is 9.63. The van der Waals surface area contributed by atoms with Gasteiger partial charge in [-0.15, -0.1) is 24.0 Å². The maximum Gasteiger partial charge on any atom is 0.225 e. The van der Waals surface area contributed by atoms with Crippen LogP contribution in [0.25, 0.3) is 0 Å². The van der Waals surface area contributed by atoms with Crippen LogP contribution in [0.15, 0.2) is 53.5 Å². The molecule has 0 aliphatic carbocycles. The van der Waals surface area contributed by atoms with E-state index < -0.39 is 0 Å². The van der Waals surface area contributed by atoms with E-state index in [-0.39, 0.29) is 35.8 Å². The lowest BCUT2D eigenvalue weighted by molar-refractivity contribution is -0.116. The van der Waals surface area contributed by atoms with E-state index in [4.69, 9.17) is 4.99 Å². The predicted octanol–water partition coefficient (Wildman–Crippen LogP) is 3.84. The number of aliphatic imine (C=N–C) groups is 1. The van der Waals surface area contributed by atoms with Crippen molar-refractivity contribution >= 4 is 41.5 Å². The number of benzene rings is 2. The first kappa shape index (κ1) is 22.2. The molecule has 0 radical (unpaired) electrons. The average molecular weight is 492 g/mol. The van der Waals surface area contributed by atoms with Gasteiger partial charge in [-0.3, -0.25) is 9.79 Å². The fourth-order valence-corrected chi connectivity index (χ4v) is 3.41. The first-order chi connectivity index (χ1) is 13.2. The third-order valence-electron chi connectivity index (χ3n) is 4.87. The highest BCUT2D eigenvalue weighted by Gasteiger charge is 2.24. The van der Waals surface area contributed by atoms with Crippen LogP contribution in [0.3, 0.4) is 0 Å². The molecule has 1 atom stereocenters. The fourth-order valence-electron chi connectivity index (χ4n) is 3.41. The number of halogens is 1. The molecule has 1 unspecified atom stereocenters. The minimum atomic E-state index is 0. The maximum atomic E-state index is 12.0. The topological polar surface area (TPSA) is 65.5 Å². The lowest BCUT2D eigenvalue weighted by Crippen LogP contribution is -2.39. The van der Waals surface area contributed by atoms with Crippen LogP contribution in [0, 0.1) is 6.92 Å². The quantitative estimate of drug-likeness (QED) is 0.326. The summed E-state index contributed by atoms with van der Waals surface area (Å²) in [6, 6.07) is 16.4. The number of amides is 1. The molecule has 3 rings (SSSR count). The smallest absolute Gasteiger partial charge is 0.225 e. The molecule has 0 fully saturated rings. The van der Waals surface area contributed by atoms with Crippen molar-refractivity contribution in [3.05, 3.63) is 65.2 Å². The van der Waals surface area contributed by atoms with E-state index in [1.165, 1.54) is 11.1 Å². The Morgan fingerprint density at radius 3 is 2.68 bits per heavy atom. The third-order valence-corrected chi connectivity index (χ3v) is 4.87. The summed E-state index contributed by atoms with van der Waals surface area (Å²) in [6.45, 7) is 6.41. The van der Waals surface area contributed by atoms with Crippen LogP contribution < -0.4 is 16.0 Å². The minimum absolute atomic E-state index is 0. The van der Waals surface area contributed by atoms with E-state index >= 15 is 0 Å². The number of hydrogen-bond donors (Lipinski definition) is 3. The van der Waals surface area contributed by atoms with Gasteiger partial charge < -0.3 is 16.0 Å². The van der Waals surface area contributed by atoms with Gasteiger partial charge in [0, 0.05) is 31.1 Å². The molecule has 1 heterocycles. The van der Waals surface area contributed by atoms with E-state index in [1.807, 2.05) is 18.2 Å². The molecule has 150 valence electrons. The number of aryl methyl sites for hydroxylation is 1. The van der Waals surface area contributed by atoms with Gasteiger partial charge in [0.05, 0.1) is 6.54 Å². The largest absolute Gasteiger partial charge is 0.357 e. The summed E-state index contributed by atoms with van der Waals surface area (Å²) in [4.78, 5) is 16.7. The molecule has 0 spiro atoms. The summed E-state index contributed by atoms with van der Waals surface area (Å²) < 4.78 is 0. The molecule has 0 saturated carbocycles. The Morgan fingerprint density at radius 2 is 1.89 bits per heavy atom. The van der Waals surface area contributed by atoms with E-state index in [0.29, 0.717) is 13.0 Å². The van der Waals surface area contributed by atoms with E-state index in [2.05, 4.69) is 60.1 Å². The second-order valence-corrected chi connectivity index (χ2v) is 6.86. The van der Waals surface area contributed by atoms with E-state index in [0.717, 1.165) is 36.7 Å². The fraction of sp³-hybridized carbons (Fsp3) is 0.364. The normalized spacial score (nSPS) is 15.9. The van der Waals surface area contributed by atoms with Crippen LogP contribution in [-0.2, 0) is 11.2 Å². The molecule has 0 bridgehead atoms. The van der Waals surface area contributed by atoms with Crippen molar-refractivity contribution in [1.82, 2.24) is 10.6 Å². The highest BCUT2D eigenvalue weighted by molar-refractivity contribution is 14.0. The molecular formula is C22H29IN4O. The number of guanidine groups is 1. The third kappa shape index (κ3) is 5.95. The van der Waals surface area contributed by atoms with Crippen molar-refractivity contribution < 1.29 is 4.79 Å². The predicted molar refractivity (Wildman–Crippen MR) is 127 cm³/mol. The Kier molecular flexibility index (Phi) is 8.76. The molecule has 2 aromatic rings. The van der Waals surface area contributed by atoms with Crippen LogP contribution in [0.1, 0.15) is 36.0 Å². The summed E-state index contributed by atoms with van der Waals surface area (Å²) in [5, 5.41) is 9.65. The lowest BCUT2D eigenvalue weighted by atomic mass is 9.91. The Hall–Kier alpha value is -2.09. The number of nitrogens with zero attached hydrogens (tertiary/aromatic N) is 1. The monoisotopic (exact) mass is 492 g/mol. The van der Waals surface area contributed by atoms with E-state index in [1.54, 1.807) is 0 Å². The number of nitrogens with one attached hydrogen (secondary N) is 3. The zero-order chi connectivity index (χ0) is 19.1. The minimum Gasteiger partial charge on any atom is -0.357 e. The van der Waals surface area contributed by atoms with Gasteiger partial charge in [0.1, 0.15) is 0 Å². The van der Waals surface area contributed by atoms with Crippen molar-refractivity contribution in [2.75, 3.05) is 25.0 Å². The second-order valence-electron chi connectivity index (χ2n) is 6.86. The zero-order valence-electron chi connectivity index (χ0n) is 16.5. The van der Waals surface area contributed by atoms with Crippen molar-refractivity contribution in [3.63, 3.8) is 0 Å². The first-order valence-electron chi connectivity index (χ1n) is 9.63. The molecule has 0 aromatic heterocycles. The van der Waals surface area contributed by atoms with Gasteiger partial charge in [-0.2, -0.15) is 0 Å². The number of carbonyl (C=O) groups is 1. The Balaban J connectivity index is 0.00000280. The molecule has 2 aromatic carbocycles. The molecule has 28 heavy (non-hydrogen) atoms. The number of para-hydroxylation sites is 1. The summed E-state index contributed by atoms with van der Waals surface area (Å²) in [7, 11) is 0. The van der Waals surface area contributed by atoms with Gasteiger partial charge in [-0.1, -0.05) is 42.5 Å². The number of carbonyl (C=O) groups excluding carboxylic acids is 1. The molecular weight excluding hydrogens is 463 g/mol. The lowest BCUT2D eigenvalue weighted by Gasteiger charge is -2.24. The number of anilines is 1. The van der Waals surface area contributed by atoms with Gasteiger partial charge in [-0.05, 0) is 43.0 Å². The van der Waals surface area contributed by atoms with Crippen molar-refractivity contribution in [1.29, 1.82) is 0 Å². The van der Waals surface area contributed by atoms with Crippen molar-refractivity contribution in [3.8, 4) is 0 Å². The highest BCUT2D eigenvalue weighted by Crippen LogP contribution is 2.31. The van der Waals surface area contributed by atoms with Gasteiger partial charge in [-0.25, -0.2) is 0 Å². The Labute approximate surface area is 184 Å². The number of hydrogen-bond acceptors (Lipinski definition) is 2. The standard InChI is InChI=1S/C22H28N4O.HI/c1-3-23-22(24-13-12-17-9-5-4-8-16(17)2)25-15-18-14-21(27)26-20-11-7-6-10-19(18)20;/h4-11,18H,3,12-15H2,1-2H3,(H,26,27)(H2,23,24,25);1H. The van der Waals surface area contributed by atoms with Gasteiger partial charge in [0.25, 0.3) is 0 Å². The molecule has 3 N–H and O–H groups in total. The summed E-state index contributed by atoms with van der Waals surface area (Å²) in [5.41, 5.74) is 4.73. The molecule has 5 nitrogen and oxygen atoms in total. The second kappa shape index (κ2) is 11.0. The molecule has 0 saturated heterocycles. The number of rotatable bonds is 6. The summed E-state index contributed by atoms with van der Waals surface area (Å²) >= 11 is 0. The average Bonchev–Trinajstić information content (AvgIpc) is 2.67. The maximum absolute atomic E-state index is 12.0. The number of fused-ring (bicyclic) bond motifs is 1. The van der Waals surface area contributed by atoms with Gasteiger partial charge >= 0.3 is 0 Å². The molecule has 1 aliphatic heterocycles. The van der Waals surface area contributed by atoms with Crippen LogP contribution in [0.4, 0.5) is 5.69 Å². The summed E-state index contributed by atoms with van der Waals surface area (Å²) in [6.07, 6.45) is 1.43. The van der Waals surface area contributed by atoms with Crippen LogP contribution in [0.2, 0.25) is 0 Å². The van der Waals surface area contributed by atoms with E-state index in [9.17, 15) is 4.79 Å². The van der Waals surface area contributed by atoms with Crippen LogP contribution in [-0.4, -0.2) is 31.5 Å². The summed E-state index contributed by atoms with van der Waals surface area (Å²) in [5.74, 6) is 0.975. The Bertz CT molecular complexity index is 822. The van der Waals surface area contributed by atoms with Gasteiger partial charge in [0.15, 0.2) is 5.96 Å².